The molecule has 0 fully saturated rings. The Hall–Kier alpha value is -2.88. The van der Waals surface area contributed by atoms with E-state index in [1.165, 1.54) is 0 Å². The third-order valence-electron chi connectivity index (χ3n) is 3.00. The molecule has 3 aromatic heterocycles. The molecule has 4 nitrogen and oxygen atoms in total. The van der Waals surface area contributed by atoms with Gasteiger partial charge in [0.25, 0.3) is 0 Å². The Labute approximate surface area is 116 Å². The van der Waals surface area contributed by atoms with Crippen LogP contribution in [0.3, 0.4) is 0 Å². The quantitative estimate of drug-likeness (QED) is 0.680. The number of aromatic nitrogens is 3. The number of pyridine rings is 3. The monoisotopic (exact) mass is 261 g/mol. The summed E-state index contributed by atoms with van der Waals surface area (Å²) < 4.78 is 0. The van der Waals surface area contributed by atoms with E-state index >= 15 is 0 Å². The van der Waals surface area contributed by atoms with E-state index in [1.807, 2.05) is 36.4 Å². The van der Waals surface area contributed by atoms with E-state index in [1.54, 1.807) is 24.8 Å². The van der Waals surface area contributed by atoms with Crippen LogP contribution in [-0.4, -0.2) is 21.2 Å². The van der Waals surface area contributed by atoms with Crippen LogP contribution in [0.15, 0.2) is 61.2 Å². The summed E-state index contributed by atoms with van der Waals surface area (Å²) in [5.41, 5.74) is 3.85. The van der Waals surface area contributed by atoms with Crippen molar-refractivity contribution in [2.24, 2.45) is 0 Å². The van der Waals surface area contributed by atoms with Gasteiger partial charge < -0.3 is 0 Å². The smallest absolute Gasteiger partial charge is 0.169 e. The number of nitrogens with zero attached hydrogens (tertiary/aromatic N) is 3. The number of hydrogen-bond acceptors (Lipinski definition) is 4. The van der Waals surface area contributed by atoms with E-state index < -0.39 is 0 Å². The van der Waals surface area contributed by atoms with Crippen LogP contribution in [0.1, 0.15) is 10.5 Å². The predicted octanol–water partition coefficient (Wildman–Crippen LogP) is 3.02. The van der Waals surface area contributed by atoms with Crippen molar-refractivity contribution >= 4 is 6.29 Å². The van der Waals surface area contributed by atoms with E-state index in [-0.39, 0.29) is 0 Å². The Kier molecular flexibility index (Phi) is 3.29. The zero-order chi connectivity index (χ0) is 13.8. The highest BCUT2D eigenvalue weighted by Gasteiger charge is 2.08. The predicted molar refractivity (Wildman–Crippen MR) is 76.1 cm³/mol. The van der Waals surface area contributed by atoms with Crippen molar-refractivity contribution in [1.82, 2.24) is 15.0 Å². The van der Waals surface area contributed by atoms with Crippen LogP contribution in [0.25, 0.3) is 22.4 Å². The first-order valence-corrected chi connectivity index (χ1v) is 6.15. The Morgan fingerprint density at radius 1 is 0.750 bits per heavy atom. The summed E-state index contributed by atoms with van der Waals surface area (Å²) in [6, 6.07) is 11.2. The van der Waals surface area contributed by atoms with Crippen molar-refractivity contribution in [3.05, 3.63) is 66.9 Å². The Balaban J connectivity index is 2.10. The van der Waals surface area contributed by atoms with E-state index in [0.717, 1.165) is 28.7 Å². The largest absolute Gasteiger partial charge is 0.296 e. The molecule has 0 amide bonds. The van der Waals surface area contributed by atoms with Gasteiger partial charge in [-0.15, -0.1) is 0 Å². The molecule has 0 aromatic carbocycles. The van der Waals surface area contributed by atoms with Gasteiger partial charge in [0.05, 0.1) is 5.69 Å². The maximum Gasteiger partial charge on any atom is 0.169 e. The first-order chi connectivity index (χ1) is 9.88. The molecule has 0 aliphatic rings. The van der Waals surface area contributed by atoms with Crippen LogP contribution in [0, 0.1) is 0 Å². The van der Waals surface area contributed by atoms with Gasteiger partial charge in [0.15, 0.2) is 6.29 Å². The number of hydrogen-bond donors (Lipinski definition) is 0. The van der Waals surface area contributed by atoms with Crippen LogP contribution in [0.2, 0.25) is 0 Å². The number of carbonyl (C=O) groups excluding carboxylic acids is 1. The first kappa shape index (κ1) is 12.2. The SMILES string of the molecule is O=Cc1nc(-c2ccncc2)ccc1-c1ccncc1. The van der Waals surface area contributed by atoms with Crippen LogP contribution in [0.5, 0.6) is 0 Å². The van der Waals surface area contributed by atoms with Gasteiger partial charge in [-0.1, -0.05) is 0 Å². The maximum atomic E-state index is 11.3. The van der Waals surface area contributed by atoms with Crippen LogP contribution in [-0.2, 0) is 0 Å². The standard InChI is InChI=1S/C16H11N3O/c20-11-16-14(12-3-7-17-8-4-12)1-2-15(19-16)13-5-9-18-10-6-13/h1-11H. The molecule has 0 bridgehead atoms. The lowest BCUT2D eigenvalue weighted by Crippen LogP contribution is -1.95. The lowest BCUT2D eigenvalue weighted by Gasteiger charge is -2.07. The summed E-state index contributed by atoms with van der Waals surface area (Å²) in [4.78, 5) is 23.7. The lowest BCUT2D eigenvalue weighted by atomic mass is 10.0. The fourth-order valence-corrected chi connectivity index (χ4v) is 2.02. The van der Waals surface area contributed by atoms with Gasteiger partial charge in [0.1, 0.15) is 5.69 Å². The summed E-state index contributed by atoms with van der Waals surface area (Å²) in [6.07, 6.45) is 7.57. The highest BCUT2D eigenvalue weighted by Crippen LogP contribution is 2.24. The summed E-state index contributed by atoms with van der Waals surface area (Å²) in [5.74, 6) is 0. The van der Waals surface area contributed by atoms with Crippen molar-refractivity contribution < 1.29 is 4.79 Å². The molecule has 3 heterocycles. The van der Waals surface area contributed by atoms with Crippen molar-refractivity contribution in [1.29, 1.82) is 0 Å². The minimum Gasteiger partial charge on any atom is -0.296 e. The molecule has 0 saturated carbocycles. The summed E-state index contributed by atoms with van der Waals surface area (Å²) in [5, 5.41) is 0. The molecule has 0 N–H and O–H groups in total. The Bertz CT molecular complexity index is 727. The molecule has 4 heteroatoms. The Morgan fingerprint density at radius 2 is 1.35 bits per heavy atom. The van der Waals surface area contributed by atoms with Gasteiger partial charge in [0.2, 0.25) is 0 Å². The number of rotatable bonds is 3. The highest BCUT2D eigenvalue weighted by atomic mass is 16.1. The van der Waals surface area contributed by atoms with Crippen molar-refractivity contribution in [2.75, 3.05) is 0 Å². The average Bonchev–Trinajstić information content (AvgIpc) is 2.56. The van der Waals surface area contributed by atoms with Gasteiger partial charge in [-0.25, -0.2) is 4.98 Å². The fraction of sp³-hybridized carbons (Fsp3) is 0. The van der Waals surface area contributed by atoms with Crippen LogP contribution >= 0.6 is 0 Å². The molecule has 0 unspecified atom stereocenters. The summed E-state index contributed by atoms with van der Waals surface area (Å²) >= 11 is 0. The minimum atomic E-state index is 0.422. The second-order valence-corrected chi connectivity index (χ2v) is 4.22. The zero-order valence-electron chi connectivity index (χ0n) is 10.6. The first-order valence-electron chi connectivity index (χ1n) is 6.15. The van der Waals surface area contributed by atoms with Gasteiger partial charge in [-0.05, 0) is 42.0 Å². The molecule has 0 atom stereocenters. The van der Waals surface area contributed by atoms with Gasteiger partial charge >= 0.3 is 0 Å². The molecular formula is C16H11N3O. The van der Waals surface area contributed by atoms with Crippen LogP contribution in [0.4, 0.5) is 0 Å². The molecule has 3 rings (SSSR count). The number of carbonyl (C=O) groups is 1. The normalized spacial score (nSPS) is 10.2. The average molecular weight is 261 g/mol. The molecule has 96 valence electrons. The minimum absolute atomic E-state index is 0.422. The van der Waals surface area contributed by atoms with Gasteiger partial charge in [0, 0.05) is 35.9 Å². The summed E-state index contributed by atoms with van der Waals surface area (Å²) in [7, 11) is 0. The Morgan fingerprint density at radius 3 is 1.95 bits per heavy atom. The second-order valence-electron chi connectivity index (χ2n) is 4.22. The lowest BCUT2D eigenvalue weighted by molar-refractivity contribution is 0.112. The van der Waals surface area contributed by atoms with Gasteiger partial charge in [-0.3, -0.25) is 14.8 Å². The molecular weight excluding hydrogens is 250 g/mol. The second kappa shape index (κ2) is 5.40. The molecule has 0 spiro atoms. The highest BCUT2D eigenvalue weighted by molar-refractivity contribution is 5.86. The molecule has 3 aromatic rings. The van der Waals surface area contributed by atoms with Crippen molar-refractivity contribution in [3.63, 3.8) is 0 Å². The molecule has 0 aliphatic heterocycles. The topological polar surface area (TPSA) is 55.7 Å². The molecule has 20 heavy (non-hydrogen) atoms. The van der Waals surface area contributed by atoms with Gasteiger partial charge in [-0.2, -0.15) is 0 Å². The van der Waals surface area contributed by atoms with E-state index in [0.29, 0.717) is 5.69 Å². The van der Waals surface area contributed by atoms with Crippen molar-refractivity contribution in [3.8, 4) is 22.4 Å². The van der Waals surface area contributed by atoms with E-state index in [4.69, 9.17) is 0 Å². The third-order valence-corrected chi connectivity index (χ3v) is 3.00. The van der Waals surface area contributed by atoms with Crippen LogP contribution < -0.4 is 0 Å². The fourth-order valence-electron chi connectivity index (χ4n) is 2.02. The zero-order valence-corrected chi connectivity index (χ0v) is 10.6. The number of aldehydes is 1. The molecule has 0 radical (unpaired) electrons. The molecule has 0 saturated heterocycles. The van der Waals surface area contributed by atoms with E-state index in [2.05, 4.69) is 15.0 Å². The maximum absolute atomic E-state index is 11.3. The van der Waals surface area contributed by atoms with Crippen molar-refractivity contribution in [2.45, 2.75) is 0 Å². The molecule has 0 aliphatic carbocycles. The third kappa shape index (κ3) is 2.31. The van der Waals surface area contributed by atoms with E-state index in [9.17, 15) is 4.79 Å². The summed E-state index contributed by atoms with van der Waals surface area (Å²) in [6.45, 7) is 0.